The first-order chi connectivity index (χ1) is 12.1. The van der Waals surface area contributed by atoms with Crippen LogP contribution in [0.4, 0.5) is 0 Å². The Morgan fingerprint density at radius 2 is 1.60 bits per heavy atom. The Bertz CT molecular complexity index is 643. The molecule has 25 heavy (non-hydrogen) atoms. The number of benzene rings is 2. The van der Waals surface area contributed by atoms with E-state index in [1.54, 1.807) is 0 Å². The summed E-state index contributed by atoms with van der Waals surface area (Å²) in [5, 5.41) is 0. The first-order valence-corrected chi connectivity index (χ1v) is 8.85. The van der Waals surface area contributed by atoms with Gasteiger partial charge in [0.1, 0.15) is 6.10 Å². The maximum absolute atomic E-state index is 6.46. The van der Waals surface area contributed by atoms with Gasteiger partial charge in [-0.15, -0.1) is 0 Å². The molecule has 4 nitrogen and oxygen atoms in total. The molecule has 0 amide bonds. The summed E-state index contributed by atoms with van der Waals surface area (Å²) in [6.07, 6.45) is 4.89. The number of ether oxygens (including phenoxy) is 1. The van der Waals surface area contributed by atoms with Crippen LogP contribution in [0.5, 0.6) is 0 Å². The molecule has 0 aliphatic heterocycles. The minimum Gasteiger partial charge on any atom is -0.476 e. The van der Waals surface area contributed by atoms with Gasteiger partial charge in [-0.25, -0.2) is 0 Å². The van der Waals surface area contributed by atoms with Crippen molar-refractivity contribution in [3.8, 4) is 0 Å². The normalized spacial score (nSPS) is 16.2. The maximum atomic E-state index is 6.46. The molecule has 1 aliphatic carbocycles. The summed E-state index contributed by atoms with van der Waals surface area (Å²) < 4.78 is 5.59. The van der Waals surface area contributed by atoms with E-state index >= 15 is 0 Å². The van der Waals surface area contributed by atoms with Crippen LogP contribution in [-0.2, 0) is 4.74 Å². The standard InChI is InChI=1S/C21H27N3O/c1-24(19(22)14-15-20(23)25-18-12-13-18)21(16-8-4-2-5-9-16)17-10-6-3-7-11-17/h2-11,15,18-19,21H,12-14,22-23H2,1H3/b20-15+. The fourth-order valence-corrected chi connectivity index (χ4v) is 2.95. The van der Waals surface area contributed by atoms with Crippen molar-refractivity contribution in [3.05, 3.63) is 83.7 Å². The Kier molecular flexibility index (Phi) is 5.74. The molecule has 132 valence electrons. The van der Waals surface area contributed by atoms with Crippen LogP contribution in [0.2, 0.25) is 0 Å². The molecule has 1 atom stereocenters. The van der Waals surface area contributed by atoms with Crippen LogP contribution in [0.25, 0.3) is 0 Å². The van der Waals surface area contributed by atoms with Crippen molar-refractivity contribution in [3.63, 3.8) is 0 Å². The summed E-state index contributed by atoms with van der Waals surface area (Å²) in [7, 11) is 2.06. The van der Waals surface area contributed by atoms with Crippen molar-refractivity contribution in [1.82, 2.24) is 4.90 Å². The highest BCUT2D eigenvalue weighted by atomic mass is 16.5. The van der Waals surface area contributed by atoms with Gasteiger partial charge in [0.25, 0.3) is 0 Å². The van der Waals surface area contributed by atoms with Gasteiger partial charge in [-0.1, -0.05) is 60.7 Å². The second-order valence-corrected chi connectivity index (χ2v) is 6.62. The third-order valence-electron chi connectivity index (χ3n) is 4.55. The second kappa shape index (κ2) is 8.19. The topological polar surface area (TPSA) is 64.5 Å². The van der Waals surface area contributed by atoms with Gasteiger partial charge < -0.3 is 16.2 Å². The van der Waals surface area contributed by atoms with Crippen molar-refractivity contribution in [1.29, 1.82) is 0 Å². The largest absolute Gasteiger partial charge is 0.476 e. The molecule has 2 aromatic rings. The van der Waals surface area contributed by atoms with Gasteiger partial charge in [0, 0.05) is 0 Å². The van der Waals surface area contributed by atoms with E-state index in [0.717, 1.165) is 12.8 Å². The average molecular weight is 337 g/mol. The van der Waals surface area contributed by atoms with Gasteiger partial charge in [-0.3, -0.25) is 4.90 Å². The minimum atomic E-state index is -0.160. The zero-order valence-electron chi connectivity index (χ0n) is 14.7. The molecule has 1 unspecified atom stereocenters. The molecule has 1 fully saturated rings. The van der Waals surface area contributed by atoms with Gasteiger partial charge >= 0.3 is 0 Å². The smallest absolute Gasteiger partial charge is 0.180 e. The van der Waals surface area contributed by atoms with Crippen molar-refractivity contribution in [2.45, 2.75) is 37.6 Å². The van der Waals surface area contributed by atoms with E-state index in [2.05, 4.69) is 60.5 Å². The van der Waals surface area contributed by atoms with Crippen molar-refractivity contribution in [2.75, 3.05) is 7.05 Å². The van der Waals surface area contributed by atoms with Gasteiger partial charge in [-0.05, 0) is 43.5 Å². The predicted octanol–water partition coefficient (Wildman–Crippen LogP) is 3.36. The molecule has 1 saturated carbocycles. The molecule has 0 spiro atoms. The predicted molar refractivity (Wildman–Crippen MR) is 101 cm³/mol. The van der Waals surface area contributed by atoms with Crippen LogP contribution < -0.4 is 11.5 Å². The Labute approximate surface area is 150 Å². The highest BCUT2D eigenvalue weighted by molar-refractivity contribution is 5.31. The molecule has 0 bridgehead atoms. The first-order valence-electron chi connectivity index (χ1n) is 8.85. The monoisotopic (exact) mass is 337 g/mol. The number of hydrogen-bond acceptors (Lipinski definition) is 4. The Morgan fingerprint density at radius 3 is 2.08 bits per heavy atom. The third kappa shape index (κ3) is 4.84. The molecule has 0 radical (unpaired) electrons. The fraction of sp³-hybridized carbons (Fsp3) is 0.333. The highest BCUT2D eigenvalue weighted by Crippen LogP contribution is 2.29. The Balaban J connectivity index is 1.75. The third-order valence-corrected chi connectivity index (χ3v) is 4.55. The quantitative estimate of drug-likeness (QED) is 0.573. The lowest BCUT2D eigenvalue weighted by molar-refractivity contribution is 0.183. The summed E-state index contributed by atoms with van der Waals surface area (Å²) >= 11 is 0. The zero-order valence-corrected chi connectivity index (χ0v) is 14.7. The van der Waals surface area contributed by atoms with Gasteiger partial charge in [0.15, 0.2) is 5.88 Å². The van der Waals surface area contributed by atoms with Gasteiger partial charge in [0.2, 0.25) is 0 Å². The van der Waals surface area contributed by atoms with E-state index in [-0.39, 0.29) is 12.2 Å². The van der Waals surface area contributed by atoms with Crippen LogP contribution in [0, 0.1) is 0 Å². The maximum Gasteiger partial charge on any atom is 0.180 e. The van der Waals surface area contributed by atoms with Crippen LogP contribution in [0.3, 0.4) is 0 Å². The van der Waals surface area contributed by atoms with E-state index in [1.165, 1.54) is 11.1 Å². The molecule has 0 aromatic heterocycles. The number of nitrogens with zero attached hydrogens (tertiary/aromatic N) is 1. The van der Waals surface area contributed by atoms with E-state index in [4.69, 9.17) is 16.2 Å². The molecule has 0 saturated heterocycles. The Morgan fingerprint density at radius 1 is 1.08 bits per heavy atom. The number of nitrogens with two attached hydrogens (primary N) is 2. The van der Waals surface area contributed by atoms with E-state index in [9.17, 15) is 0 Å². The highest BCUT2D eigenvalue weighted by Gasteiger charge is 2.25. The van der Waals surface area contributed by atoms with E-state index < -0.39 is 0 Å². The average Bonchev–Trinajstić information content (AvgIpc) is 3.45. The van der Waals surface area contributed by atoms with Crippen LogP contribution in [-0.4, -0.2) is 24.2 Å². The number of rotatable bonds is 8. The lowest BCUT2D eigenvalue weighted by Gasteiger charge is -2.33. The Hall–Kier alpha value is -2.30. The molecule has 4 N–H and O–H groups in total. The van der Waals surface area contributed by atoms with E-state index in [1.807, 2.05) is 18.2 Å². The van der Waals surface area contributed by atoms with Crippen molar-refractivity contribution in [2.24, 2.45) is 11.5 Å². The summed E-state index contributed by atoms with van der Waals surface area (Å²) in [6.45, 7) is 0. The molecule has 4 heteroatoms. The molecule has 1 aliphatic rings. The van der Waals surface area contributed by atoms with Gasteiger partial charge in [-0.2, -0.15) is 0 Å². The lowest BCUT2D eigenvalue weighted by Crippen LogP contribution is -2.41. The van der Waals surface area contributed by atoms with Crippen LogP contribution >= 0.6 is 0 Å². The fourth-order valence-electron chi connectivity index (χ4n) is 2.95. The minimum absolute atomic E-state index is 0.0939. The van der Waals surface area contributed by atoms with Crippen molar-refractivity contribution < 1.29 is 4.74 Å². The lowest BCUT2D eigenvalue weighted by atomic mass is 9.97. The second-order valence-electron chi connectivity index (χ2n) is 6.62. The molecular weight excluding hydrogens is 310 g/mol. The SMILES string of the molecule is CN(C(N)C/C=C(\N)OC1CC1)C(c1ccccc1)c1ccccc1. The summed E-state index contributed by atoms with van der Waals surface area (Å²) in [5.41, 5.74) is 14.8. The molecule has 2 aromatic carbocycles. The zero-order chi connectivity index (χ0) is 17.6. The van der Waals surface area contributed by atoms with Crippen LogP contribution in [0.1, 0.15) is 36.4 Å². The number of hydrogen-bond donors (Lipinski definition) is 2. The summed E-state index contributed by atoms with van der Waals surface area (Å²) in [4.78, 5) is 2.19. The molecule has 0 heterocycles. The first kappa shape index (κ1) is 17.5. The van der Waals surface area contributed by atoms with E-state index in [0.29, 0.717) is 18.4 Å². The van der Waals surface area contributed by atoms with Crippen LogP contribution in [0.15, 0.2) is 72.6 Å². The van der Waals surface area contributed by atoms with Crippen molar-refractivity contribution >= 4 is 0 Å². The molecular formula is C21H27N3O. The van der Waals surface area contributed by atoms with Gasteiger partial charge in [0.05, 0.1) is 12.2 Å². The molecule has 3 rings (SSSR count). The summed E-state index contributed by atoms with van der Waals surface area (Å²) in [6, 6.07) is 21.0. The summed E-state index contributed by atoms with van der Waals surface area (Å²) in [5.74, 6) is 0.488.